The van der Waals surface area contributed by atoms with Gasteiger partial charge in [-0.25, -0.2) is 0 Å². The minimum absolute atomic E-state index is 0.286. The summed E-state index contributed by atoms with van der Waals surface area (Å²) < 4.78 is 11.2. The van der Waals surface area contributed by atoms with Gasteiger partial charge in [-0.05, 0) is 73.4 Å². The molecule has 1 N–H and O–H groups in total. The summed E-state index contributed by atoms with van der Waals surface area (Å²) in [6, 6.07) is 15.4. The largest absolute Gasteiger partial charge is 0.493 e. The second kappa shape index (κ2) is 10.1. The van der Waals surface area contributed by atoms with E-state index in [-0.39, 0.29) is 6.04 Å². The van der Waals surface area contributed by atoms with Gasteiger partial charge in [0.05, 0.1) is 19.8 Å². The highest BCUT2D eigenvalue weighted by atomic mass is 16.5. The number of nitriles is 1. The Hall–Kier alpha value is -2.51. The molecule has 0 amide bonds. The number of hydrogen-bond donors (Lipinski definition) is 1. The minimum Gasteiger partial charge on any atom is -0.493 e. The third kappa shape index (κ3) is 5.27. The first kappa shape index (κ1) is 20.2. The number of ether oxygens (including phenoxy) is 2. The Kier molecular flexibility index (Phi) is 7.33. The zero-order chi connectivity index (χ0) is 19.8. The van der Waals surface area contributed by atoms with Crippen LogP contribution in [0.3, 0.4) is 0 Å². The summed E-state index contributed by atoms with van der Waals surface area (Å²) in [5.41, 5.74) is 5.55. The lowest BCUT2D eigenvalue weighted by Gasteiger charge is -2.20. The van der Waals surface area contributed by atoms with Crippen LogP contribution in [-0.4, -0.2) is 13.7 Å². The van der Waals surface area contributed by atoms with Crippen LogP contribution in [0.5, 0.6) is 11.5 Å². The van der Waals surface area contributed by atoms with Gasteiger partial charge in [0, 0.05) is 19.0 Å². The first-order valence-corrected chi connectivity index (χ1v) is 10.2. The van der Waals surface area contributed by atoms with Crippen LogP contribution in [0.1, 0.15) is 60.9 Å². The summed E-state index contributed by atoms with van der Waals surface area (Å²) in [5, 5.41) is 12.3. The van der Waals surface area contributed by atoms with E-state index in [4.69, 9.17) is 14.7 Å². The number of fused-ring (bicyclic) bond motifs is 1. The van der Waals surface area contributed by atoms with Gasteiger partial charge >= 0.3 is 0 Å². The first-order chi connectivity index (χ1) is 13.7. The number of nitrogens with zero attached hydrogens (tertiary/aromatic N) is 1. The molecular formula is C24H30N2O2. The summed E-state index contributed by atoms with van der Waals surface area (Å²) >= 11 is 0. The van der Waals surface area contributed by atoms with Crippen LogP contribution in [0.25, 0.3) is 0 Å². The molecule has 3 rings (SSSR count). The van der Waals surface area contributed by atoms with E-state index in [0.29, 0.717) is 13.0 Å². The van der Waals surface area contributed by atoms with Crippen LogP contribution in [0, 0.1) is 11.3 Å². The lowest BCUT2D eigenvalue weighted by molar-refractivity contribution is 0.290. The molecule has 2 aromatic rings. The molecular weight excluding hydrogens is 348 g/mol. The molecule has 0 bridgehead atoms. The molecule has 4 heteroatoms. The van der Waals surface area contributed by atoms with Crippen LogP contribution in [0.15, 0.2) is 36.4 Å². The fourth-order valence-electron chi connectivity index (χ4n) is 3.69. The third-order valence-corrected chi connectivity index (χ3v) is 5.40. The normalized spacial score (nSPS) is 14.0. The molecule has 0 aromatic heterocycles. The number of rotatable bonds is 9. The predicted octanol–water partition coefficient (Wildman–Crippen LogP) is 5.11. The van der Waals surface area contributed by atoms with Crippen molar-refractivity contribution in [1.82, 2.24) is 5.32 Å². The monoisotopic (exact) mass is 378 g/mol. The predicted molar refractivity (Wildman–Crippen MR) is 112 cm³/mol. The van der Waals surface area contributed by atoms with Crippen LogP contribution in [0.4, 0.5) is 0 Å². The molecule has 0 fully saturated rings. The van der Waals surface area contributed by atoms with Crippen molar-refractivity contribution >= 4 is 0 Å². The Morgan fingerprint density at radius 2 is 1.89 bits per heavy atom. The highest BCUT2D eigenvalue weighted by Crippen LogP contribution is 2.29. The Morgan fingerprint density at radius 3 is 2.68 bits per heavy atom. The number of nitrogens with one attached hydrogen (secondary N) is 1. The van der Waals surface area contributed by atoms with E-state index in [1.54, 1.807) is 7.11 Å². The topological polar surface area (TPSA) is 54.3 Å². The number of methoxy groups -OCH3 is 1. The summed E-state index contributed by atoms with van der Waals surface area (Å²) in [6.07, 6.45) is 6.28. The molecule has 0 saturated heterocycles. The second-order valence-electron chi connectivity index (χ2n) is 7.43. The molecule has 1 unspecified atom stereocenters. The van der Waals surface area contributed by atoms with E-state index < -0.39 is 0 Å². The molecule has 28 heavy (non-hydrogen) atoms. The molecule has 0 saturated carbocycles. The zero-order valence-corrected chi connectivity index (χ0v) is 17.0. The maximum absolute atomic E-state index is 8.65. The Labute approximate surface area is 168 Å². The maximum atomic E-state index is 8.65. The summed E-state index contributed by atoms with van der Waals surface area (Å²) in [6.45, 7) is 3.50. The molecule has 0 aliphatic heterocycles. The average molecular weight is 379 g/mol. The van der Waals surface area contributed by atoms with Gasteiger partial charge in [-0.3, -0.25) is 0 Å². The van der Waals surface area contributed by atoms with Gasteiger partial charge < -0.3 is 14.8 Å². The van der Waals surface area contributed by atoms with Crippen molar-refractivity contribution in [2.24, 2.45) is 0 Å². The van der Waals surface area contributed by atoms with Crippen molar-refractivity contribution in [3.63, 3.8) is 0 Å². The fraction of sp³-hybridized carbons (Fsp3) is 0.458. The number of aryl methyl sites for hydroxylation is 2. The molecule has 1 aliphatic rings. The maximum Gasteiger partial charge on any atom is 0.161 e. The first-order valence-electron chi connectivity index (χ1n) is 10.2. The number of hydrogen-bond acceptors (Lipinski definition) is 4. The van der Waals surface area contributed by atoms with Crippen molar-refractivity contribution in [3.05, 3.63) is 58.7 Å². The Balaban J connectivity index is 1.61. The van der Waals surface area contributed by atoms with E-state index in [1.165, 1.54) is 42.4 Å². The fourth-order valence-corrected chi connectivity index (χ4v) is 3.69. The Morgan fingerprint density at radius 1 is 1.07 bits per heavy atom. The summed E-state index contributed by atoms with van der Waals surface area (Å²) in [4.78, 5) is 0. The van der Waals surface area contributed by atoms with Crippen LogP contribution in [-0.2, 0) is 19.4 Å². The smallest absolute Gasteiger partial charge is 0.161 e. The van der Waals surface area contributed by atoms with Gasteiger partial charge in [-0.1, -0.05) is 24.3 Å². The van der Waals surface area contributed by atoms with Gasteiger partial charge in [0.25, 0.3) is 0 Å². The molecule has 1 aliphatic carbocycles. The van der Waals surface area contributed by atoms with Crippen molar-refractivity contribution in [3.8, 4) is 17.6 Å². The molecule has 0 heterocycles. The minimum atomic E-state index is 0.286. The van der Waals surface area contributed by atoms with E-state index >= 15 is 0 Å². The SMILES string of the molecule is COc1ccc(CNC(C)c2ccc3c(c2)CCCC3)cc1OCCCC#N. The molecule has 0 spiro atoms. The van der Waals surface area contributed by atoms with Gasteiger partial charge in [-0.15, -0.1) is 0 Å². The molecule has 0 radical (unpaired) electrons. The van der Waals surface area contributed by atoms with Crippen LogP contribution in [0.2, 0.25) is 0 Å². The Bertz CT molecular complexity index is 826. The zero-order valence-electron chi connectivity index (χ0n) is 17.0. The lowest BCUT2D eigenvalue weighted by Crippen LogP contribution is -2.18. The van der Waals surface area contributed by atoms with Gasteiger partial charge in [0.1, 0.15) is 0 Å². The summed E-state index contributed by atoms with van der Waals surface area (Å²) in [5.74, 6) is 1.46. The average Bonchev–Trinajstić information content (AvgIpc) is 2.74. The van der Waals surface area contributed by atoms with E-state index in [2.05, 4.69) is 42.6 Å². The van der Waals surface area contributed by atoms with Crippen LogP contribution < -0.4 is 14.8 Å². The van der Waals surface area contributed by atoms with E-state index in [0.717, 1.165) is 30.0 Å². The molecule has 4 nitrogen and oxygen atoms in total. The number of benzene rings is 2. The van der Waals surface area contributed by atoms with Crippen molar-refractivity contribution < 1.29 is 9.47 Å². The van der Waals surface area contributed by atoms with E-state index in [9.17, 15) is 0 Å². The van der Waals surface area contributed by atoms with Crippen molar-refractivity contribution in [2.75, 3.05) is 13.7 Å². The molecule has 2 aromatic carbocycles. The van der Waals surface area contributed by atoms with Gasteiger partial charge in [-0.2, -0.15) is 5.26 Å². The number of unbranched alkanes of at least 4 members (excludes halogenated alkanes) is 1. The quantitative estimate of drug-likeness (QED) is 0.616. The van der Waals surface area contributed by atoms with E-state index in [1.807, 2.05) is 12.1 Å². The van der Waals surface area contributed by atoms with Crippen molar-refractivity contribution in [2.45, 2.75) is 58.0 Å². The van der Waals surface area contributed by atoms with Gasteiger partial charge in [0.2, 0.25) is 0 Å². The molecule has 1 atom stereocenters. The third-order valence-electron chi connectivity index (χ3n) is 5.40. The van der Waals surface area contributed by atoms with Crippen molar-refractivity contribution in [1.29, 1.82) is 5.26 Å². The lowest BCUT2D eigenvalue weighted by atomic mass is 9.89. The standard InChI is InChI=1S/C24H30N2O2/c1-18(21-11-10-20-7-3-4-8-22(20)16-21)26-17-19-9-12-23(27-2)24(15-19)28-14-6-5-13-25/h9-12,15-16,18,26H,3-8,14,17H2,1-2H3. The molecule has 148 valence electrons. The van der Waals surface area contributed by atoms with Gasteiger partial charge in [0.15, 0.2) is 11.5 Å². The second-order valence-corrected chi connectivity index (χ2v) is 7.43. The highest BCUT2D eigenvalue weighted by Gasteiger charge is 2.13. The van der Waals surface area contributed by atoms with Crippen LogP contribution >= 0.6 is 0 Å². The highest BCUT2D eigenvalue weighted by molar-refractivity contribution is 5.43. The summed E-state index contributed by atoms with van der Waals surface area (Å²) in [7, 11) is 1.65.